The largest absolute Gasteiger partial charge is 0.482 e. The topological polar surface area (TPSA) is 63.0 Å². The minimum Gasteiger partial charge on any atom is -0.482 e. The highest BCUT2D eigenvalue weighted by Crippen LogP contribution is 2.47. The van der Waals surface area contributed by atoms with Crippen molar-refractivity contribution in [1.29, 1.82) is 0 Å². The van der Waals surface area contributed by atoms with Gasteiger partial charge in [0.05, 0.1) is 6.54 Å². The van der Waals surface area contributed by atoms with Crippen molar-refractivity contribution in [2.45, 2.75) is 36.1 Å². The Kier molecular flexibility index (Phi) is 8.28. The van der Waals surface area contributed by atoms with Crippen LogP contribution in [0.3, 0.4) is 0 Å². The average molecular weight is 542 g/mol. The zero-order chi connectivity index (χ0) is 26.7. The first-order chi connectivity index (χ1) is 16.8. The summed E-state index contributed by atoms with van der Waals surface area (Å²) in [4.78, 5) is 27.0. The van der Waals surface area contributed by atoms with Gasteiger partial charge in [0, 0.05) is 37.1 Å². The number of thioether (sulfide) groups is 1. The standard InChI is InChI=1S/C22H21F7N2O4S/c1-36-16-4-2-14(3-5-16)12-35-18-13-34-15(10-17(18)32)11-30-6-8-31(9-7-30)19(33)20(23,24)21(25,26)22(27,28)29/h2-5,10,13H,6-9,11-12H2,1H3. The van der Waals surface area contributed by atoms with E-state index in [4.69, 9.17) is 9.15 Å². The van der Waals surface area contributed by atoms with Crippen LogP contribution in [-0.2, 0) is 17.9 Å². The minimum atomic E-state index is -6.58. The van der Waals surface area contributed by atoms with E-state index in [2.05, 4.69) is 0 Å². The summed E-state index contributed by atoms with van der Waals surface area (Å²) in [5.41, 5.74) is 0.363. The molecule has 1 saturated heterocycles. The van der Waals surface area contributed by atoms with Gasteiger partial charge in [-0.25, -0.2) is 0 Å². The van der Waals surface area contributed by atoms with Crippen LogP contribution in [0.1, 0.15) is 11.3 Å². The van der Waals surface area contributed by atoms with Crippen molar-refractivity contribution in [2.24, 2.45) is 0 Å². The maximum absolute atomic E-state index is 13.7. The second-order valence-electron chi connectivity index (χ2n) is 7.93. The summed E-state index contributed by atoms with van der Waals surface area (Å²) in [5, 5.41) is 0. The van der Waals surface area contributed by atoms with Gasteiger partial charge in [0.25, 0.3) is 5.91 Å². The molecule has 3 rings (SSSR count). The van der Waals surface area contributed by atoms with Crippen LogP contribution >= 0.6 is 11.8 Å². The molecule has 0 saturated carbocycles. The van der Waals surface area contributed by atoms with Crippen LogP contribution in [0.25, 0.3) is 0 Å². The molecule has 1 amide bonds. The number of carbonyl (C=O) groups is 1. The molecule has 0 radical (unpaired) electrons. The van der Waals surface area contributed by atoms with Crippen molar-refractivity contribution in [3.05, 3.63) is 58.1 Å². The van der Waals surface area contributed by atoms with Gasteiger partial charge in [0.15, 0.2) is 0 Å². The number of piperazine rings is 1. The van der Waals surface area contributed by atoms with Gasteiger partial charge >= 0.3 is 18.0 Å². The maximum atomic E-state index is 13.7. The van der Waals surface area contributed by atoms with E-state index in [1.807, 2.05) is 30.5 Å². The van der Waals surface area contributed by atoms with Crippen molar-refractivity contribution in [3.8, 4) is 5.75 Å². The van der Waals surface area contributed by atoms with E-state index in [0.29, 0.717) is 0 Å². The Morgan fingerprint density at radius 2 is 1.64 bits per heavy atom. The number of alkyl halides is 7. The normalized spacial score (nSPS) is 15.7. The van der Waals surface area contributed by atoms with Crippen LogP contribution < -0.4 is 10.2 Å². The minimum absolute atomic E-state index is 0.0167. The molecule has 0 N–H and O–H groups in total. The molecule has 1 fully saturated rings. The number of hydrogen-bond acceptors (Lipinski definition) is 6. The van der Waals surface area contributed by atoms with Crippen LogP contribution in [0.2, 0.25) is 0 Å². The number of amides is 1. The van der Waals surface area contributed by atoms with E-state index >= 15 is 0 Å². The highest BCUT2D eigenvalue weighted by molar-refractivity contribution is 7.98. The smallest absolute Gasteiger partial charge is 0.460 e. The molecule has 198 valence electrons. The van der Waals surface area contributed by atoms with Crippen molar-refractivity contribution < 1.29 is 44.7 Å². The molecule has 0 atom stereocenters. The molecule has 0 unspecified atom stereocenters. The van der Waals surface area contributed by atoms with Gasteiger partial charge in [-0.3, -0.25) is 14.5 Å². The van der Waals surface area contributed by atoms with E-state index in [1.165, 1.54) is 6.07 Å². The Bertz CT molecular complexity index is 1110. The fourth-order valence-corrected chi connectivity index (χ4v) is 3.76. The molecule has 36 heavy (non-hydrogen) atoms. The van der Waals surface area contributed by atoms with Gasteiger partial charge in [0.2, 0.25) is 11.2 Å². The van der Waals surface area contributed by atoms with E-state index < -0.39 is 42.4 Å². The second-order valence-corrected chi connectivity index (χ2v) is 8.81. The highest BCUT2D eigenvalue weighted by atomic mass is 32.2. The zero-order valence-corrected chi connectivity index (χ0v) is 19.6. The molecule has 14 heteroatoms. The summed E-state index contributed by atoms with van der Waals surface area (Å²) in [6.07, 6.45) is -3.52. The second kappa shape index (κ2) is 10.7. The SMILES string of the molecule is CSc1ccc(COc2coc(CN3CCN(C(=O)C(F)(F)C(F)(F)C(F)(F)F)CC3)cc2=O)cc1. The molecule has 2 aromatic rings. The molecule has 6 nitrogen and oxygen atoms in total. The van der Waals surface area contributed by atoms with Crippen molar-refractivity contribution in [1.82, 2.24) is 9.80 Å². The lowest BCUT2D eigenvalue weighted by Gasteiger charge is -2.37. The van der Waals surface area contributed by atoms with Crippen LogP contribution in [0, 0.1) is 0 Å². The molecular formula is C22H21F7N2O4S. The molecule has 1 aromatic heterocycles. The first-order valence-electron chi connectivity index (χ1n) is 10.5. The number of halogens is 7. The van der Waals surface area contributed by atoms with Gasteiger partial charge in [-0.15, -0.1) is 11.8 Å². The lowest BCUT2D eigenvalue weighted by molar-refractivity contribution is -0.346. The number of hydrogen-bond donors (Lipinski definition) is 0. The molecule has 1 aliphatic heterocycles. The summed E-state index contributed by atoms with van der Waals surface area (Å²) in [6, 6.07) is 8.69. The highest BCUT2D eigenvalue weighted by Gasteiger charge is 2.76. The first kappa shape index (κ1) is 27.8. The Balaban J connectivity index is 1.54. The first-order valence-corrected chi connectivity index (χ1v) is 11.7. The molecule has 0 spiro atoms. The third kappa shape index (κ3) is 5.97. The van der Waals surface area contributed by atoms with E-state index in [1.54, 1.807) is 16.7 Å². The van der Waals surface area contributed by atoms with Crippen molar-refractivity contribution in [3.63, 3.8) is 0 Å². The molecule has 0 bridgehead atoms. The summed E-state index contributed by atoms with van der Waals surface area (Å²) < 4.78 is 101. The van der Waals surface area contributed by atoms with Gasteiger partial charge in [-0.1, -0.05) is 12.1 Å². The van der Waals surface area contributed by atoms with Crippen LogP contribution in [0.4, 0.5) is 30.7 Å². The summed E-state index contributed by atoms with van der Waals surface area (Å²) >= 11 is 1.58. The summed E-state index contributed by atoms with van der Waals surface area (Å²) in [7, 11) is 0. The lowest BCUT2D eigenvalue weighted by atomic mass is 10.1. The Morgan fingerprint density at radius 3 is 2.17 bits per heavy atom. The van der Waals surface area contributed by atoms with Gasteiger partial charge in [-0.2, -0.15) is 30.7 Å². The fraction of sp³-hybridized carbons (Fsp3) is 0.455. The van der Waals surface area contributed by atoms with Crippen molar-refractivity contribution >= 4 is 17.7 Å². The van der Waals surface area contributed by atoms with Gasteiger partial charge < -0.3 is 14.1 Å². The fourth-order valence-electron chi connectivity index (χ4n) is 3.35. The average Bonchev–Trinajstić information content (AvgIpc) is 2.83. The number of rotatable bonds is 8. The van der Waals surface area contributed by atoms with Crippen LogP contribution in [0.5, 0.6) is 5.75 Å². The van der Waals surface area contributed by atoms with E-state index in [9.17, 15) is 40.3 Å². The van der Waals surface area contributed by atoms with Crippen molar-refractivity contribution in [2.75, 3.05) is 32.4 Å². The van der Waals surface area contributed by atoms with E-state index in [-0.39, 0.29) is 42.7 Å². The molecule has 0 aliphatic carbocycles. The monoisotopic (exact) mass is 542 g/mol. The predicted octanol–water partition coefficient (Wildman–Crippen LogP) is 4.42. The molecule has 1 aromatic carbocycles. The van der Waals surface area contributed by atoms with E-state index in [0.717, 1.165) is 16.7 Å². The summed E-state index contributed by atoms with van der Waals surface area (Å²) in [5.74, 6) is -14.9. The molecule has 1 aliphatic rings. The van der Waals surface area contributed by atoms with Gasteiger partial charge in [-0.05, 0) is 24.0 Å². The maximum Gasteiger partial charge on any atom is 0.460 e. The predicted molar refractivity (Wildman–Crippen MR) is 115 cm³/mol. The summed E-state index contributed by atoms with van der Waals surface area (Å²) in [6.45, 7) is -1.11. The Morgan fingerprint density at radius 1 is 1.03 bits per heavy atom. The third-order valence-corrected chi connectivity index (χ3v) is 6.21. The number of carbonyl (C=O) groups excluding carboxylic acids is 1. The third-order valence-electron chi connectivity index (χ3n) is 5.46. The molecule has 2 heterocycles. The van der Waals surface area contributed by atoms with Crippen LogP contribution in [0.15, 0.2) is 50.7 Å². The quantitative estimate of drug-likeness (QED) is 0.364. The zero-order valence-electron chi connectivity index (χ0n) is 18.8. The van der Waals surface area contributed by atoms with Gasteiger partial charge in [0.1, 0.15) is 18.6 Å². The number of nitrogens with zero attached hydrogens (tertiary/aromatic N) is 2. The lowest BCUT2D eigenvalue weighted by Crippen LogP contribution is -2.62. The Labute approximate surface area is 205 Å². The number of benzene rings is 1. The molecular weight excluding hydrogens is 521 g/mol. The van der Waals surface area contributed by atoms with Crippen LogP contribution in [-0.4, -0.2) is 66.2 Å². The number of ether oxygens (including phenoxy) is 1. The Hall–Kier alpha value is -2.74.